The number of hydrogen-bond acceptors (Lipinski definition) is 6. The Labute approximate surface area is 397 Å². The minimum atomic E-state index is -0.834. The highest BCUT2D eigenvalue weighted by Gasteiger charge is 2.19. The van der Waals surface area contributed by atoms with Gasteiger partial charge in [0.05, 0.1) is 0 Å². The second-order valence-corrected chi connectivity index (χ2v) is 15.9. The van der Waals surface area contributed by atoms with E-state index in [1.165, 1.54) is 38.5 Å². The molecule has 0 aromatic carbocycles. The number of carbonyl (C=O) groups excluding carboxylic acids is 3. The molecule has 0 aliphatic carbocycles. The SMILES string of the molecule is CC\C=C/C=C\C=C/C=C\C=C\C=C/CCCCCC(=O)OCC(COC(=O)CCCCC/C=C\CCCCCCCC)OC(=O)CCCCC\C=C/C=C/C=C\C=C/C=C\C=C/CC. The van der Waals surface area contributed by atoms with Gasteiger partial charge in [0.1, 0.15) is 13.2 Å². The minimum absolute atomic E-state index is 0.127. The maximum absolute atomic E-state index is 12.8. The smallest absolute Gasteiger partial charge is 0.306 e. The molecule has 0 rings (SSSR count). The number of carbonyl (C=O) groups is 3. The van der Waals surface area contributed by atoms with Gasteiger partial charge in [0.2, 0.25) is 0 Å². The molecule has 0 N–H and O–H groups in total. The third-order valence-corrected chi connectivity index (χ3v) is 9.82. The average molecular weight is 893 g/mol. The molecule has 1 atom stereocenters. The van der Waals surface area contributed by atoms with E-state index in [-0.39, 0.29) is 44.0 Å². The second-order valence-electron chi connectivity index (χ2n) is 15.9. The van der Waals surface area contributed by atoms with Crippen LogP contribution < -0.4 is 0 Å². The summed E-state index contributed by atoms with van der Waals surface area (Å²) in [5, 5.41) is 0. The van der Waals surface area contributed by atoms with Gasteiger partial charge < -0.3 is 14.2 Å². The lowest BCUT2D eigenvalue weighted by Gasteiger charge is -2.18. The molecule has 65 heavy (non-hydrogen) atoms. The Hall–Kier alpha value is -4.97. The standard InChI is InChI=1S/C59H88O6/c1-4-7-10-13-16-19-22-25-27-29-31-34-37-40-43-46-49-52-58(61)64-55-56(54-63-57(60)51-48-45-42-39-36-33-24-21-18-15-12-9-6-3)65-59(62)53-50-47-44-41-38-35-32-30-28-26-23-20-17-14-11-8-5-2/h7-8,10-11,13-14,16-17,19-20,22-23,25-38,56H,4-6,9,12,15,18,21,24,39-55H2,1-3H3/b10-7-,11-8-,16-13-,17-14-,22-19-,23-20-,27-25-,28-26-,31-29+,32-30+,36-33-,37-34-,38-35-. The predicted molar refractivity (Wildman–Crippen MR) is 278 cm³/mol. The highest BCUT2D eigenvalue weighted by Crippen LogP contribution is 2.12. The summed E-state index contributed by atoms with van der Waals surface area (Å²) in [4.78, 5) is 38.0. The van der Waals surface area contributed by atoms with Crippen molar-refractivity contribution in [3.63, 3.8) is 0 Å². The Bertz CT molecular complexity index is 1540. The van der Waals surface area contributed by atoms with Gasteiger partial charge in [-0.1, -0.05) is 230 Å². The molecule has 0 aromatic heterocycles. The summed E-state index contributed by atoms with van der Waals surface area (Å²) in [5.41, 5.74) is 0. The summed E-state index contributed by atoms with van der Waals surface area (Å²) in [5.74, 6) is -1.05. The zero-order valence-corrected chi connectivity index (χ0v) is 40.9. The highest BCUT2D eigenvalue weighted by molar-refractivity contribution is 5.71. The Kier molecular flexibility index (Phi) is 47.7. The van der Waals surface area contributed by atoms with Gasteiger partial charge in [-0.3, -0.25) is 14.4 Å². The van der Waals surface area contributed by atoms with E-state index in [1.54, 1.807) is 0 Å². The van der Waals surface area contributed by atoms with Crippen molar-refractivity contribution in [1.82, 2.24) is 0 Å². The fourth-order valence-corrected chi connectivity index (χ4v) is 6.09. The molecular formula is C59H88O6. The van der Waals surface area contributed by atoms with Crippen molar-refractivity contribution in [2.75, 3.05) is 13.2 Å². The number of hydrogen-bond donors (Lipinski definition) is 0. The van der Waals surface area contributed by atoms with Crippen LogP contribution in [0.1, 0.15) is 175 Å². The third-order valence-electron chi connectivity index (χ3n) is 9.82. The van der Waals surface area contributed by atoms with Crippen LogP contribution in [0, 0.1) is 0 Å². The fraction of sp³-hybridized carbons (Fsp3) is 0.508. The molecular weight excluding hydrogens is 805 g/mol. The lowest BCUT2D eigenvalue weighted by Crippen LogP contribution is -2.30. The van der Waals surface area contributed by atoms with Crippen molar-refractivity contribution >= 4 is 17.9 Å². The molecule has 0 aromatic rings. The maximum Gasteiger partial charge on any atom is 0.306 e. The molecule has 0 saturated heterocycles. The van der Waals surface area contributed by atoms with E-state index in [9.17, 15) is 14.4 Å². The van der Waals surface area contributed by atoms with E-state index in [4.69, 9.17) is 14.2 Å². The normalized spacial score (nSPS) is 13.5. The average Bonchev–Trinajstić information content (AvgIpc) is 3.30. The van der Waals surface area contributed by atoms with Gasteiger partial charge in [0.15, 0.2) is 6.10 Å². The molecule has 0 aliphatic rings. The predicted octanol–water partition coefficient (Wildman–Crippen LogP) is 16.6. The van der Waals surface area contributed by atoms with E-state index in [1.807, 2.05) is 122 Å². The van der Waals surface area contributed by atoms with E-state index in [2.05, 4.69) is 57.2 Å². The lowest BCUT2D eigenvalue weighted by molar-refractivity contribution is -0.167. The number of rotatable bonds is 42. The Balaban J connectivity index is 4.65. The van der Waals surface area contributed by atoms with Gasteiger partial charge >= 0.3 is 17.9 Å². The van der Waals surface area contributed by atoms with Crippen molar-refractivity contribution in [2.45, 2.75) is 181 Å². The van der Waals surface area contributed by atoms with Gasteiger partial charge in [-0.15, -0.1) is 0 Å². The number of unbranched alkanes of at least 4 members (excludes halogenated alkanes) is 15. The molecule has 6 heteroatoms. The second kappa shape index (κ2) is 51.7. The Morgan fingerprint density at radius 1 is 0.323 bits per heavy atom. The zero-order valence-electron chi connectivity index (χ0n) is 40.9. The third kappa shape index (κ3) is 49.9. The summed E-state index contributed by atoms with van der Waals surface area (Å²) in [6.07, 6.45) is 75.0. The van der Waals surface area contributed by atoms with Crippen LogP contribution in [0.3, 0.4) is 0 Å². The molecule has 0 radical (unpaired) electrons. The van der Waals surface area contributed by atoms with E-state index in [0.717, 1.165) is 83.5 Å². The van der Waals surface area contributed by atoms with Gasteiger partial charge in [0.25, 0.3) is 0 Å². The monoisotopic (exact) mass is 893 g/mol. The van der Waals surface area contributed by atoms with Crippen LogP contribution in [0.5, 0.6) is 0 Å². The fourth-order valence-electron chi connectivity index (χ4n) is 6.09. The molecule has 0 fully saturated rings. The van der Waals surface area contributed by atoms with E-state index >= 15 is 0 Å². The number of esters is 3. The van der Waals surface area contributed by atoms with Gasteiger partial charge in [0, 0.05) is 19.3 Å². The Morgan fingerprint density at radius 3 is 0.985 bits per heavy atom. The molecule has 0 heterocycles. The van der Waals surface area contributed by atoms with Gasteiger partial charge in [-0.2, -0.15) is 0 Å². The first-order valence-electron chi connectivity index (χ1n) is 25.2. The van der Waals surface area contributed by atoms with Crippen LogP contribution in [0.25, 0.3) is 0 Å². The molecule has 0 amide bonds. The van der Waals surface area contributed by atoms with Crippen LogP contribution in [0.15, 0.2) is 158 Å². The Morgan fingerprint density at radius 2 is 0.615 bits per heavy atom. The van der Waals surface area contributed by atoms with Crippen molar-refractivity contribution in [3.8, 4) is 0 Å². The van der Waals surface area contributed by atoms with Crippen molar-refractivity contribution in [1.29, 1.82) is 0 Å². The van der Waals surface area contributed by atoms with Crippen LogP contribution in [0.4, 0.5) is 0 Å². The molecule has 0 aliphatic heterocycles. The van der Waals surface area contributed by atoms with Crippen LogP contribution in [-0.2, 0) is 28.6 Å². The molecule has 1 unspecified atom stereocenters. The summed E-state index contributed by atoms with van der Waals surface area (Å²) in [6.45, 7) is 6.21. The molecule has 0 saturated carbocycles. The van der Waals surface area contributed by atoms with E-state index < -0.39 is 6.10 Å². The lowest BCUT2D eigenvalue weighted by atomic mass is 10.1. The summed E-state index contributed by atoms with van der Waals surface area (Å²) < 4.78 is 16.7. The quantitative estimate of drug-likeness (QED) is 0.0200. The summed E-state index contributed by atoms with van der Waals surface area (Å²) in [6, 6.07) is 0. The van der Waals surface area contributed by atoms with Crippen molar-refractivity contribution in [2.24, 2.45) is 0 Å². The largest absolute Gasteiger partial charge is 0.462 e. The van der Waals surface area contributed by atoms with E-state index in [0.29, 0.717) is 19.3 Å². The van der Waals surface area contributed by atoms with Crippen LogP contribution >= 0.6 is 0 Å². The summed E-state index contributed by atoms with van der Waals surface area (Å²) in [7, 11) is 0. The van der Waals surface area contributed by atoms with Crippen LogP contribution in [-0.4, -0.2) is 37.2 Å². The van der Waals surface area contributed by atoms with Crippen LogP contribution in [0.2, 0.25) is 0 Å². The zero-order chi connectivity index (χ0) is 47.2. The topological polar surface area (TPSA) is 78.9 Å². The van der Waals surface area contributed by atoms with Crippen molar-refractivity contribution < 1.29 is 28.6 Å². The molecule has 0 bridgehead atoms. The summed E-state index contributed by atoms with van der Waals surface area (Å²) >= 11 is 0. The highest BCUT2D eigenvalue weighted by atomic mass is 16.6. The minimum Gasteiger partial charge on any atom is -0.462 e. The molecule has 6 nitrogen and oxygen atoms in total. The number of allylic oxidation sites excluding steroid dienone is 26. The maximum atomic E-state index is 12.8. The first kappa shape index (κ1) is 60.0. The van der Waals surface area contributed by atoms with Gasteiger partial charge in [-0.05, 0) is 83.5 Å². The number of ether oxygens (including phenoxy) is 3. The first-order valence-corrected chi connectivity index (χ1v) is 25.2. The molecule has 360 valence electrons. The van der Waals surface area contributed by atoms with Gasteiger partial charge in [-0.25, -0.2) is 0 Å². The van der Waals surface area contributed by atoms with Crippen molar-refractivity contribution in [3.05, 3.63) is 158 Å². The first-order chi connectivity index (χ1) is 32.0. The molecule has 0 spiro atoms.